The number of benzene rings is 1. The number of carboxylic acids is 1. The van der Waals surface area contributed by atoms with E-state index in [-0.39, 0.29) is 26.9 Å². The second-order valence-electron chi connectivity index (χ2n) is 4.65. The van der Waals surface area contributed by atoms with Crippen LogP contribution in [0, 0.1) is 6.92 Å². The number of anilines is 1. The summed E-state index contributed by atoms with van der Waals surface area (Å²) in [6.45, 7) is 1.64. The first-order chi connectivity index (χ1) is 10.7. The average Bonchev–Trinajstić information content (AvgIpc) is 2.99. The van der Waals surface area contributed by atoms with E-state index in [1.54, 1.807) is 6.92 Å². The van der Waals surface area contributed by atoms with Crippen molar-refractivity contribution >= 4 is 38.9 Å². The molecule has 0 saturated heterocycles. The van der Waals surface area contributed by atoms with E-state index >= 15 is 0 Å². The summed E-state index contributed by atoms with van der Waals surface area (Å²) in [6, 6.07) is 5.25. The molecule has 1 aromatic heterocycles. The molecule has 2 N–H and O–H groups in total. The molecule has 0 aliphatic carbocycles. The van der Waals surface area contributed by atoms with Gasteiger partial charge in [-0.1, -0.05) is 12.1 Å². The summed E-state index contributed by atoms with van der Waals surface area (Å²) in [6.07, 6.45) is 0. The second-order valence-corrected chi connectivity index (χ2v) is 7.24. The zero-order valence-electron chi connectivity index (χ0n) is 12.2. The van der Waals surface area contributed by atoms with E-state index in [9.17, 15) is 23.1 Å². The summed E-state index contributed by atoms with van der Waals surface area (Å²) in [5.41, 5.74) is 0.560. The molecule has 0 aliphatic heterocycles. The highest BCUT2D eigenvalue weighted by Gasteiger charge is 2.19. The van der Waals surface area contributed by atoms with Crippen LogP contribution in [0.4, 0.5) is 5.69 Å². The molecule has 0 spiro atoms. The van der Waals surface area contributed by atoms with Crippen LogP contribution >= 0.6 is 11.3 Å². The van der Waals surface area contributed by atoms with Gasteiger partial charge < -0.3 is 15.2 Å². The summed E-state index contributed by atoms with van der Waals surface area (Å²) in [7, 11) is -2.48. The highest BCUT2D eigenvalue weighted by atomic mass is 32.2. The van der Waals surface area contributed by atoms with Crippen molar-refractivity contribution in [2.45, 2.75) is 11.8 Å². The van der Waals surface area contributed by atoms with Gasteiger partial charge in [0.2, 0.25) is 0 Å². The number of nitrogens with one attached hydrogen (secondary N) is 2. The molecule has 0 saturated carbocycles. The van der Waals surface area contributed by atoms with Gasteiger partial charge >= 0.3 is 0 Å². The number of sulfonamides is 1. The standard InChI is InChI=1S/C14H14N2O5S2/c1-8-3-4-9(14(18)19)5-11(8)16-23(20,21)10-6-12(22-7-10)13(17)15-2/h3-7,16H,1-2H3,(H,15,17)(H,18,19)/p-1. The predicted molar refractivity (Wildman–Crippen MR) is 84.0 cm³/mol. The minimum absolute atomic E-state index is 0.0700. The van der Waals surface area contributed by atoms with Gasteiger partial charge in [0.1, 0.15) is 0 Å². The van der Waals surface area contributed by atoms with Gasteiger partial charge in [-0.2, -0.15) is 0 Å². The smallest absolute Gasteiger partial charge is 0.262 e. The SMILES string of the molecule is CNC(=O)c1cc(S(=O)(=O)Nc2cc(C(=O)[O-])ccc2C)cs1. The van der Waals surface area contributed by atoms with Crippen molar-refractivity contribution in [3.05, 3.63) is 45.6 Å². The Kier molecular flexibility index (Phi) is 4.71. The molecule has 1 aromatic carbocycles. The largest absolute Gasteiger partial charge is 0.545 e. The Morgan fingerprint density at radius 1 is 1.22 bits per heavy atom. The maximum absolute atomic E-state index is 12.4. The average molecular weight is 353 g/mol. The van der Waals surface area contributed by atoms with E-state index in [2.05, 4.69) is 10.0 Å². The normalized spacial score (nSPS) is 11.0. The monoisotopic (exact) mass is 353 g/mol. The molecule has 23 heavy (non-hydrogen) atoms. The van der Waals surface area contributed by atoms with Crippen molar-refractivity contribution in [3.63, 3.8) is 0 Å². The minimum atomic E-state index is -3.93. The number of carbonyl (C=O) groups excluding carboxylic acids is 2. The van der Waals surface area contributed by atoms with E-state index < -0.39 is 16.0 Å². The van der Waals surface area contributed by atoms with Crippen molar-refractivity contribution in [2.24, 2.45) is 0 Å². The Bertz CT molecular complexity index is 871. The topological polar surface area (TPSA) is 115 Å². The Morgan fingerprint density at radius 2 is 1.91 bits per heavy atom. The number of hydrogen-bond acceptors (Lipinski definition) is 6. The van der Waals surface area contributed by atoms with Gasteiger partial charge in [-0.3, -0.25) is 9.52 Å². The van der Waals surface area contributed by atoms with Crippen LogP contribution in [-0.2, 0) is 10.0 Å². The number of thiophene rings is 1. The predicted octanol–water partition coefficient (Wildman–Crippen LogP) is 0.580. The first-order valence-corrected chi connectivity index (χ1v) is 8.76. The van der Waals surface area contributed by atoms with Gasteiger partial charge in [-0.25, -0.2) is 8.42 Å². The molecule has 0 bridgehead atoms. The van der Waals surface area contributed by atoms with Crippen LogP contribution in [0.5, 0.6) is 0 Å². The third kappa shape index (κ3) is 3.69. The number of aryl methyl sites for hydroxylation is 1. The lowest BCUT2D eigenvalue weighted by atomic mass is 10.1. The van der Waals surface area contributed by atoms with Crippen molar-refractivity contribution < 1.29 is 23.1 Å². The third-order valence-corrected chi connectivity index (χ3v) is 5.48. The third-order valence-electron chi connectivity index (χ3n) is 3.05. The lowest BCUT2D eigenvalue weighted by Crippen LogP contribution is -2.22. The van der Waals surface area contributed by atoms with E-state index in [1.807, 2.05) is 0 Å². The van der Waals surface area contributed by atoms with E-state index in [1.165, 1.54) is 36.7 Å². The highest BCUT2D eigenvalue weighted by molar-refractivity contribution is 7.92. The molecule has 0 aliphatic rings. The molecule has 7 nitrogen and oxygen atoms in total. The highest BCUT2D eigenvalue weighted by Crippen LogP contribution is 2.24. The van der Waals surface area contributed by atoms with Crippen molar-refractivity contribution in [1.29, 1.82) is 0 Å². The Labute approximate surface area is 137 Å². The van der Waals surface area contributed by atoms with E-state index in [0.29, 0.717) is 5.56 Å². The van der Waals surface area contributed by atoms with Crippen LogP contribution in [0.25, 0.3) is 0 Å². The lowest BCUT2D eigenvalue weighted by molar-refractivity contribution is -0.255. The summed E-state index contributed by atoms with van der Waals surface area (Å²) in [5, 5.41) is 14.6. The molecule has 1 heterocycles. The molecule has 2 rings (SSSR count). The van der Waals surface area contributed by atoms with Crippen LogP contribution in [0.15, 0.2) is 34.5 Å². The fourth-order valence-electron chi connectivity index (χ4n) is 1.76. The van der Waals surface area contributed by atoms with Crippen molar-refractivity contribution in [1.82, 2.24) is 5.32 Å². The number of hydrogen-bond donors (Lipinski definition) is 2. The maximum atomic E-state index is 12.4. The first kappa shape index (κ1) is 17.0. The van der Waals surface area contributed by atoms with Crippen LogP contribution in [0.1, 0.15) is 25.6 Å². The van der Waals surface area contributed by atoms with Crippen molar-refractivity contribution in [3.8, 4) is 0 Å². The van der Waals surface area contributed by atoms with Crippen LogP contribution in [0.2, 0.25) is 0 Å². The van der Waals surface area contributed by atoms with E-state index in [4.69, 9.17) is 0 Å². The number of aromatic carboxylic acids is 1. The fourth-order valence-corrected chi connectivity index (χ4v) is 4.11. The van der Waals surface area contributed by atoms with Crippen molar-refractivity contribution in [2.75, 3.05) is 11.8 Å². The van der Waals surface area contributed by atoms with Gasteiger partial charge in [0, 0.05) is 12.4 Å². The molecule has 2 aromatic rings. The second kappa shape index (κ2) is 6.39. The molecule has 122 valence electrons. The Hall–Kier alpha value is -2.39. The molecule has 1 amide bonds. The summed E-state index contributed by atoms with van der Waals surface area (Å²) in [4.78, 5) is 22.6. The fraction of sp³-hybridized carbons (Fsp3) is 0.143. The summed E-state index contributed by atoms with van der Waals surface area (Å²) >= 11 is 0.997. The molecule has 0 radical (unpaired) electrons. The maximum Gasteiger partial charge on any atom is 0.262 e. The van der Waals surface area contributed by atoms with Gasteiger partial charge in [0.15, 0.2) is 0 Å². The van der Waals surface area contributed by atoms with Gasteiger partial charge in [0.05, 0.1) is 21.4 Å². The molecule has 9 heteroatoms. The van der Waals surface area contributed by atoms with Crippen LogP contribution in [0.3, 0.4) is 0 Å². The molecule has 0 fully saturated rings. The van der Waals surface area contributed by atoms with Gasteiger partial charge in [-0.15, -0.1) is 11.3 Å². The van der Waals surface area contributed by atoms with Gasteiger partial charge in [-0.05, 0) is 30.2 Å². The number of rotatable bonds is 5. The lowest BCUT2D eigenvalue weighted by Gasteiger charge is -2.12. The number of amides is 1. The molecule has 0 atom stereocenters. The molecular formula is C14H13N2O5S2-. The van der Waals surface area contributed by atoms with Gasteiger partial charge in [0.25, 0.3) is 15.9 Å². The minimum Gasteiger partial charge on any atom is -0.545 e. The number of carboxylic acid groups (broad SMARTS) is 1. The Balaban J connectivity index is 2.35. The molecular weight excluding hydrogens is 340 g/mol. The zero-order chi connectivity index (χ0) is 17.2. The molecule has 0 unspecified atom stereocenters. The quantitative estimate of drug-likeness (QED) is 0.816. The Morgan fingerprint density at radius 3 is 2.52 bits per heavy atom. The first-order valence-electron chi connectivity index (χ1n) is 6.40. The summed E-state index contributed by atoms with van der Waals surface area (Å²) in [5.74, 6) is -1.78. The summed E-state index contributed by atoms with van der Waals surface area (Å²) < 4.78 is 27.0. The van der Waals surface area contributed by atoms with Crippen LogP contribution in [-0.4, -0.2) is 27.3 Å². The van der Waals surface area contributed by atoms with E-state index in [0.717, 1.165) is 11.3 Å². The number of carbonyl (C=O) groups is 2. The van der Waals surface area contributed by atoms with Crippen LogP contribution < -0.4 is 15.1 Å². The zero-order valence-corrected chi connectivity index (χ0v) is 13.9.